The van der Waals surface area contributed by atoms with E-state index in [2.05, 4.69) is 11.8 Å². The van der Waals surface area contributed by atoms with Crippen LogP contribution in [0.5, 0.6) is 0 Å². The summed E-state index contributed by atoms with van der Waals surface area (Å²) in [4.78, 5) is 0. The highest BCUT2D eigenvalue weighted by atomic mass is 16.5. The van der Waals surface area contributed by atoms with Gasteiger partial charge in [0.1, 0.15) is 0 Å². The third kappa shape index (κ3) is 6.42. The molecule has 1 nitrogen and oxygen atoms in total. The van der Waals surface area contributed by atoms with Crippen molar-refractivity contribution < 1.29 is 4.74 Å². The molecule has 1 fully saturated rings. The summed E-state index contributed by atoms with van der Waals surface area (Å²) in [6, 6.07) is 0. The molecule has 0 amide bonds. The van der Waals surface area contributed by atoms with Gasteiger partial charge in [-0.25, -0.2) is 0 Å². The molecule has 1 heteroatoms. The standard InChI is InChI=1S/C12H18O/c1-2-3-4-5-6-7-10-13-11-12-8-9-12/h2-3,12H,6-11H2,1H3/b3-2+. The van der Waals surface area contributed by atoms with Crippen LogP contribution in [0.3, 0.4) is 0 Å². The first-order valence-corrected chi connectivity index (χ1v) is 5.11. The van der Waals surface area contributed by atoms with Gasteiger partial charge in [0.2, 0.25) is 0 Å². The average Bonchev–Trinajstić information content (AvgIpc) is 2.93. The Morgan fingerprint density at radius 3 is 3.00 bits per heavy atom. The van der Waals surface area contributed by atoms with Gasteiger partial charge < -0.3 is 4.74 Å². The lowest BCUT2D eigenvalue weighted by Crippen LogP contribution is -1.97. The first kappa shape index (κ1) is 10.3. The first-order valence-electron chi connectivity index (χ1n) is 5.11. The fourth-order valence-electron chi connectivity index (χ4n) is 1.01. The Labute approximate surface area is 81.2 Å². The smallest absolute Gasteiger partial charge is 0.0494 e. The van der Waals surface area contributed by atoms with Crippen LogP contribution in [0.1, 0.15) is 32.6 Å². The van der Waals surface area contributed by atoms with E-state index >= 15 is 0 Å². The lowest BCUT2D eigenvalue weighted by molar-refractivity contribution is 0.123. The number of ether oxygens (including phenoxy) is 1. The van der Waals surface area contributed by atoms with Gasteiger partial charge in [-0.15, -0.1) is 0 Å². The van der Waals surface area contributed by atoms with Crippen molar-refractivity contribution in [1.82, 2.24) is 0 Å². The van der Waals surface area contributed by atoms with Crippen molar-refractivity contribution >= 4 is 0 Å². The summed E-state index contributed by atoms with van der Waals surface area (Å²) >= 11 is 0. The van der Waals surface area contributed by atoms with Gasteiger partial charge in [0.05, 0.1) is 0 Å². The van der Waals surface area contributed by atoms with Gasteiger partial charge in [-0.2, -0.15) is 0 Å². The van der Waals surface area contributed by atoms with Crippen LogP contribution in [-0.4, -0.2) is 13.2 Å². The number of hydrogen-bond donors (Lipinski definition) is 0. The number of hydrogen-bond acceptors (Lipinski definition) is 1. The van der Waals surface area contributed by atoms with Crippen molar-refractivity contribution in [2.45, 2.75) is 32.6 Å². The second-order valence-electron chi connectivity index (χ2n) is 3.44. The van der Waals surface area contributed by atoms with E-state index in [9.17, 15) is 0 Å². The predicted molar refractivity (Wildman–Crippen MR) is 55.4 cm³/mol. The van der Waals surface area contributed by atoms with Crippen LogP contribution in [0.25, 0.3) is 0 Å². The molecule has 0 spiro atoms. The Bertz CT molecular complexity index is 203. The zero-order chi connectivity index (χ0) is 9.36. The normalized spacial score (nSPS) is 15.8. The third-order valence-corrected chi connectivity index (χ3v) is 1.99. The predicted octanol–water partition coefficient (Wildman–Crippen LogP) is 2.77. The Morgan fingerprint density at radius 1 is 1.46 bits per heavy atom. The number of unbranched alkanes of at least 4 members (excludes halogenated alkanes) is 1. The molecule has 0 radical (unpaired) electrons. The van der Waals surface area contributed by atoms with E-state index in [1.165, 1.54) is 12.8 Å². The van der Waals surface area contributed by atoms with Gasteiger partial charge in [-0.1, -0.05) is 17.9 Å². The van der Waals surface area contributed by atoms with Crippen molar-refractivity contribution in [3.8, 4) is 11.8 Å². The fourth-order valence-corrected chi connectivity index (χ4v) is 1.01. The molecule has 0 atom stereocenters. The average molecular weight is 178 g/mol. The molecule has 72 valence electrons. The van der Waals surface area contributed by atoms with Crippen molar-refractivity contribution in [2.24, 2.45) is 5.92 Å². The molecule has 1 aliphatic rings. The zero-order valence-corrected chi connectivity index (χ0v) is 8.38. The van der Waals surface area contributed by atoms with Crippen molar-refractivity contribution in [2.75, 3.05) is 13.2 Å². The number of rotatable bonds is 5. The summed E-state index contributed by atoms with van der Waals surface area (Å²) in [5.41, 5.74) is 0. The van der Waals surface area contributed by atoms with Gasteiger partial charge >= 0.3 is 0 Å². The van der Waals surface area contributed by atoms with Gasteiger partial charge in [-0.05, 0) is 38.2 Å². The van der Waals surface area contributed by atoms with E-state index in [1.807, 2.05) is 19.1 Å². The summed E-state index contributed by atoms with van der Waals surface area (Å²) in [5, 5.41) is 0. The quantitative estimate of drug-likeness (QED) is 0.464. The molecule has 0 unspecified atom stereocenters. The second-order valence-corrected chi connectivity index (χ2v) is 3.44. The van der Waals surface area contributed by atoms with Crippen LogP contribution in [0.2, 0.25) is 0 Å². The Morgan fingerprint density at radius 2 is 2.31 bits per heavy atom. The second kappa shape index (κ2) is 6.74. The van der Waals surface area contributed by atoms with Gasteiger partial charge in [-0.3, -0.25) is 0 Å². The molecule has 0 N–H and O–H groups in total. The minimum atomic E-state index is 0.876. The lowest BCUT2D eigenvalue weighted by Gasteiger charge is -1.99. The van der Waals surface area contributed by atoms with E-state index in [1.54, 1.807) is 0 Å². The molecule has 0 heterocycles. The van der Waals surface area contributed by atoms with Gasteiger partial charge in [0, 0.05) is 19.6 Å². The molecule has 13 heavy (non-hydrogen) atoms. The van der Waals surface area contributed by atoms with E-state index < -0.39 is 0 Å². The third-order valence-electron chi connectivity index (χ3n) is 1.99. The summed E-state index contributed by atoms with van der Waals surface area (Å²) in [6.45, 7) is 3.83. The van der Waals surface area contributed by atoms with Crippen LogP contribution in [0, 0.1) is 17.8 Å². The van der Waals surface area contributed by atoms with Crippen molar-refractivity contribution in [1.29, 1.82) is 0 Å². The zero-order valence-electron chi connectivity index (χ0n) is 8.38. The van der Waals surface area contributed by atoms with Crippen molar-refractivity contribution in [3.05, 3.63) is 12.2 Å². The summed E-state index contributed by atoms with van der Waals surface area (Å²) in [7, 11) is 0. The van der Waals surface area contributed by atoms with E-state index in [-0.39, 0.29) is 0 Å². The highest BCUT2D eigenvalue weighted by molar-refractivity contribution is 5.14. The molecule has 0 bridgehead atoms. The first-order chi connectivity index (χ1) is 6.43. The molecule has 0 aromatic rings. The highest BCUT2D eigenvalue weighted by Crippen LogP contribution is 2.28. The number of allylic oxidation sites excluding steroid dienone is 2. The summed E-state index contributed by atoms with van der Waals surface area (Å²) in [5.74, 6) is 6.92. The summed E-state index contributed by atoms with van der Waals surface area (Å²) < 4.78 is 5.48. The van der Waals surface area contributed by atoms with Crippen molar-refractivity contribution in [3.63, 3.8) is 0 Å². The molecule has 0 aliphatic heterocycles. The molecular formula is C12H18O. The minimum Gasteiger partial charge on any atom is -0.381 e. The van der Waals surface area contributed by atoms with Crippen LogP contribution >= 0.6 is 0 Å². The largest absolute Gasteiger partial charge is 0.381 e. The molecular weight excluding hydrogens is 160 g/mol. The Hall–Kier alpha value is -0.740. The minimum absolute atomic E-state index is 0.876. The molecule has 1 rings (SSSR count). The topological polar surface area (TPSA) is 9.23 Å². The molecule has 1 saturated carbocycles. The monoisotopic (exact) mass is 178 g/mol. The highest BCUT2D eigenvalue weighted by Gasteiger charge is 2.20. The Balaban J connectivity index is 1.80. The summed E-state index contributed by atoms with van der Waals surface area (Å²) in [6.07, 6.45) is 8.61. The van der Waals surface area contributed by atoms with Crippen LogP contribution in [-0.2, 0) is 4.74 Å². The fraction of sp³-hybridized carbons (Fsp3) is 0.667. The van der Waals surface area contributed by atoms with Gasteiger partial charge in [0.25, 0.3) is 0 Å². The van der Waals surface area contributed by atoms with E-state index in [4.69, 9.17) is 4.74 Å². The maximum atomic E-state index is 5.48. The Kier molecular flexibility index (Phi) is 5.36. The van der Waals surface area contributed by atoms with Crippen LogP contribution < -0.4 is 0 Å². The molecule has 0 saturated heterocycles. The maximum absolute atomic E-state index is 5.48. The van der Waals surface area contributed by atoms with Gasteiger partial charge in [0.15, 0.2) is 0 Å². The SMILES string of the molecule is C/C=C/C#CCCCOCC1CC1. The lowest BCUT2D eigenvalue weighted by atomic mass is 10.3. The van der Waals surface area contributed by atoms with E-state index in [0.29, 0.717) is 0 Å². The molecule has 0 aromatic carbocycles. The van der Waals surface area contributed by atoms with Crippen LogP contribution in [0.15, 0.2) is 12.2 Å². The maximum Gasteiger partial charge on any atom is 0.0494 e. The molecule has 1 aliphatic carbocycles. The molecule has 0 aromatic heterocycles. The van der Waals surface area contributed by atoms with Crippen LogP contribution in [0.4, 0.5) is 0 Å². The van der Waals surface area contributed by atoms with E-state index in [0.717, 1.165) is 32.0 Å².